The van der Waals surface area contributed by atoms with E-state index < -0.39 is 0 Å². The Morgan fingerprint density at radius 2 is 2.10 bits per heavy atom. The Hall–Kier alpha value is -0.890. The molecule has 0 amide bonds. The number of nitrogens with one attached hydrogen (secondary N) is 1. The molecule has 1 aromatic carbocycles. The first kappa shape index (κ1) is 14.1. The van der Waals surface area contributed by atoms with Gasteiger partial charge < -0.3 is 5.32 Å². The molecule has 0 heterocycles. The van der Waals surface area contributed by atoms with Crippen molar-refractivity contribution in [2.75, 3.05) is 0 Å². The van der Waals surface area contributed by atoms with Crippen LogP contribution in [-0.2, 0) is 6.42 Å². The molecule has 1 nitrogen and oxygen atoms in total. The highest BCUT2D eigenvalue weighted by molar-refractivity contribution is 5.17. The largest absolute Gasteiger partial charge is 0.311 e. The summed E-state index contributed by atoms with van der Waals surface area (Å²) in [4.78, 5) is 0. The van der Waals surface area contributed by atoms with Gasteiger partial charge in [-0.2, -0.15) is 0 Å². The van der Waals surface area contributed by atoms with Crippen LogP contribution in [0.15, 0.2) is 24.3 Å². The van der Waals surface area contributed by atoms with Gasteiger partial charge in [-0.15, -0.1) is 0 Å². The molecule has 20 heavy (non-hydrogen) atoms. The van der Waals surface area contributed by atoms with Gasteiger partial charge in [0.2, 0.25) is 0 Å². The molecule has 2 heteroatoms. The number of fused-ring (bicyclic) bond motifs is 2. The van der Waals surface area contributed by atoms with Crippen LogP contribution in [0.1, 0.15) is 45.1 Å². The maximum atomic E-state index is 13.2. The van der Waals surface area contributed by atoms with E-state index >= 15 is 0 Å². The molecule has 0 aromatic heterocycles. The second kappa shape index (κ2) is 5.85. The quantitative estimate of drug-likeness (QED) is 0.850. The molecule has 2 saturated carbocycles. The van der Waals surface area contributed by atoms with Gasteiger partial charge in [0.15, 0.2) is 0 Å². The molecule has 0 radical (unpaired) electrons. The molecule has 2 fully saturated rings. The highest BCUT2D eigenvalue weighted by Crippen LogP contribution is 2.49. The zero-order chi connectivity index (χ0) is 14.1. The standard InChI is InChI=1S/C18H26FN/c1-12(8-14-4-3-5-17(19)10-14)20-13(2)18-11-15-6-7-16(18)9-15/h3-5,10,12-13,15-16,18,20H,6-9,11H2,1-2H3. The molecule has 2 bridgehead atoms. The first-order valence-electron chi connectivity index (χ1n) is 8.12. The Labute approximate surface area is 122 Å². The predicted octanol–water partition coefficient (Wildman–Crippen LogP) is 4.17. The lowest BCUT2D eigenvalue weighted by Crippen LogP contribution is -2.42. The van der Waals surface area contributed by atoms with Crippen molar-refractivity contribution in [2.45, 2.75) is 58.0 Å². The molecule has 3 rings (SSSR count). The van der Waals surface area contributed by atoms with Gasteiger partial charge in [-0.05, 0) is 75.0 Å². The number of halogens is 1. The van der Waals surface area contributed by atoms with Gasteiger partial charge in [-0.1, -0.05) is 18.6 Å². The van der Waals surface area contributed by atoms with Crippen LogP contribution in [0, 0.1) is 23.6 Å². The van der Waals surface area contributed by atoms with E-state index in [1.807, 2.05) is 6.07 Å². The van der Waals surface area contributed by atoms with Crippen LogP contribution >= 0.6 is 0 Å². The maximum Gasteiger partial charge on any atom is 0.123 e. The Morgan fingerprint density at radius 1 is 1.25 bits per heavy atom. The first-order valence-corrected chi connectivity index (χ1v) is 8.12. The molecule has 2 aliphatic carbocycles. The smallest absolute Gasteiger partial charge is 0.123 e. The van der Waals surface area contributed by atoms with Crippen LogP contribution in [0.2, 0.25) is 0 Å². The highest BCUT2D eigenvalue weighted by Gasteiger charge is 2.41. The molecular weight excluding hydrogens is 249 g/mol. The van der Waals surface area contributed by atoms with E-state index in [-0.39, 0.29) is 5.82 Å². The van der Waals surface area contributed by atoms with E-state index in [0.29, 0.717) is 12.1 Å². The third kappa shape index (κ3) is 3.06. The summed E-state index contributed by atoms with van der Waals surface area (Å²) in [7, 11) is 0. The minimum absolute atomic E-state index is 0.129. The summed E-state index contributed by atoms with van der Waals surface area (Å²) in [5, 5.41) is 3.75. The normalized spacial score (nSPS) is 31.4. The lowest BCUT2D eigenvalue weighted by atomic mass is 9.83. The van der Waals surface area contributed by atoms with Crippen LogP contribution in [-0.4, -0.2) is 12.1 Å². The summed E-state index contributed by atoms with van der Waals surface area (Å²) in [6.45, 7) is 4.56. The number of hydrogen-bond acceptors (Lipinski definition) is 1. The Morgan fingerprint density at radius 3 is 2.75 bits per heavy atom. The summed E-state index contributed by atoms with van der Waals surface area (Å²) in [5.41, 5.74) is 1.09. The molecule has 110 valence electrons. The van der Waals surface area contributed by atoms with Gasteiger partial charge in [-0.25, -0.2) is 4.39 Å². The lowest BCUT2D eigenvalue weighted by molar-refractivity contribution is 0.247. The molecule has 1 N–H and O–H groups in total. The van der Waals surface area contributed by atoms with Crippen LogP contribution in [0.4, 0.5) is 4.39 Å². The topological polar surface area (TPSA) is 12.0 Å². The van der Waals surface area contributed by atoms with E-state index in [2.05, 4.69) is 19.2 Å². The summed E-state index contributed by atoms with van der Waals surface area (Å²) in [6.07, 6.45) is 6.70. The van der Waals surface area contributed by atoms with Crippen LogP contribution in [0.3, 0.4) is 0 Å². The number of benzene rings is 1. The second-order valence-electron chi connectivity index (χ2n) is 7.03. The van der Waals surface area contributed by atoms with E-state index in [1.54, 1.807) is 12.1 Å². The van der Waals surface area contributed by atoms with Gasteiger partial charge in [-0.3, -0.25) is 0 Å². The maximum absolute atomic E-state index is 13.2. The Kier molecular flexibility index (Phi) is 4.11. The minimum Gasteiger partial charge on any atom is -0.311 e. The fourth-order valence-electron chi connectivity index (χ4n) is 4.56. The molecule has 2 aliphatic rings. The van der Waals surface area contributed by atoms with Crippen molar-refractivity contribution in [2.24, 2.45) is 17.8 Å². The number of hydrogen-bond donors (Lipinski definition) is 1. The van der Waals surface area contributed by atoms with E-state index in [1.165, 1.54) is 31.7 Å². The molecule has 0 spiro atoms. The average Bonchev–Trinajstić information content (AvgIpc) is 3.00. The van der Waals surface area contributed by atoms with Crippen molar-refractivity contribution in [1.29, 1.82) is 0 Å². The highest BCUT2D eigenvalue weighted by atomic mass is 19.1. The van der Waals surface area contributed by atoms with Crippen molar-refractivity contribution in [1.82, 2.24) is 5.32 Å². The lowest BCUT2D eigenvalue weighted by Gasteiger charge is -2.31. The SMILES string of the molecule is CC(Cc1cccc(F)c1)NC(C)C1CC2CCC1C2. The average molecular weight is 275 g/mol. The van der Waals surface area contributed by atoms with Gasteiger partial charge >= 0.3 is 0 Å². The van der Waals surface area contributed by atoms with Crippen LogP contribution in [0.5, 0.6) is 0 Å². The van der Waals surface area contributed by atoms with Crippen LogP contribution < -0.4 is 5.32 Å². The molecular formula is C18H26FN. The third-order valence-electron chi connectivity index (χ3n) is 5.41. The molecule has 1 aromatic rings. The fraction of sp³-hybridized carbons (Fsp3) is 0.667. The van der Waals surface area contributed by atoms with Gasteiger partial charge in [0, 0.05) is 12.1 Å². The Balaban J connectivity index is 1.52. The summed E-state index contributed by atoms with van der Waals surface area (Å²) < 4.78 is 13.2. The molecule has 5 unspecified atom stereocenters. The summed E-state index contributed by atoms with van der Waals surface area (Å²) in [5.74, 6) is 2.70. The van der Waals surface area contributed by atoms with Crippen molar-refractivity contribution in [3.63, 3.8) is 0 Å². The number of rotatable bonds is 5. The van der Waals surface area contributed by atoms with Crippen molar-refractivity contribution >= 4 is 0 Å². The van der Waals surface area contributed by atoms with Crippen molar-refractivity contribution in [3.8, 4) is 0 Å². The monoisotopic (exact) mass is 275 g/mol. The van der Waals surface area contributed by atoms with Gasteiger partial charge in [0.1, 0.15) is 5.82 Å². The molecule has 5 atom stereocenters. The second-order valence-corrected chi connectivity index (χ2v) is 7.03. The Bertz CT molecular complexity index is 458. The van der Waals surface area contributed by atoms with Crippen molar-refractivity contribution < 1.29 is 4.39 Å². The summed E-state index contributed by atoms with van der Waals surface area (Å²) >= 11 is 0. The third-order valence-corrected chi connectivity index (χ3v) is 5.41. The fourth-order valence-corrected chi connectivity index (χ4v) is 4.56. The first-order chi connectivity index (χ1) is 9.61. The zero-order valence-electron chi connectivity index (χ0n) is 12.6. The van der Waals surface area contributed by atoms with E-state index in [9.17, 15) is 4.39 Å². The minimum atomic E-state index is -0.129. The van der Waals surface area contributed by atoms with Gasteiger partial charge in [0.25, 0.3) is 0 Å². The van der Waals surface area contributed by atoms with Crippen molar-refractivity contribution in [3.05, 3.63) is 35.6 Å². The van der Waals surface area contributed by atoms with Crippen LogP contribution in [0.25, 0.3) is 0 Å². The predicted molar refractivity (Wildman–Crippen MR) is 81.1 cm³/mol. The molecule has 0 aliphatic heterocycles. The zero-order valence-corrected chi connectivity index (χ0v) is 12.6. The van der Waals surface area contributed by atoms with Gasteiger partial charge in [0.05, 0.1) is 0 Å². The van der Waals surface area contributed by atoms with E-state index in [4.69, 9.17) is 0 Å². The molecule has 0 saturated heterocycles. The van der Waals surface area contributed by atoms with E-state index in [0.717, 1.165) is 29.7 Å². The summed E-state index contributed by atoms with van der Waals surface area (Å²) in [6, 6.07) is 7.99.